The van der Waals surface area contributed by atoms with Crippen molar-refractivity contribution in [3.8, 4) is 11.5 Å². The molecule has 10 heteroatoms. The number of thiocarbonyl (C=S) groups is 1. The second kappa shape index (κ2) is 12.0. The lowest BCUT2D eigenvalue weighted by Crippen LogP contribution is -2.30. The monoisotopic (exact) mass is 578 g/mol. The molecule has 0 unspecified atom stereocenters. The van der Waals surface area contributed by atoms with E-state index < -0.39 is 0 Å². The predicted molar refractivity (Wildman–Crippen MR) is 164 cm³/mol. The highest BCUT2D eigenvalue weighted by Crippen LogP contribution is 2.34. The Balaban J connectivity index is 1.43. The first kappa shape index (κ1) is 28.2. The van der Waals surface area contributed by atoms with Crippen molar-refractivity contribution in [2.45, 2.75) is 52.0 Å². The van der Waals surface area contributed by atoms with Crippen molar-refractivity contribution in [3.63, 3.8) is 0 Å². The van der Waals surface area contributed by atoms with Crippen LogP contribution in [0.2, 0.25) is 0 Å². The van der Waals surface area contributed by atoms with E-state index in [1.54, 1.807) is 35.8 Å². The lowest BCUT2D eigenvalue weighted by atomic mass is 9.87. The van der Waals surface area contributed by atoms with E-state index in [0.29, 0.717) is 56.6 Å². The molecule has 1 aliphatic carbocycles. The number of hydrogen-bond donors (Lipinski definition) is 1. The molecule has 210 valence electrons. The van der Waals surface area contributed by atoms with Crippen molar-refractivity contribution < 1.29 is 14.3 Å². The van der Waals surface area contributed by atoms with Gasteiger partial charge in [0.25, 0.3) is 11.5 Å². The second-order valence-corrected chi connectivity index (χ2v) is 12.1. The number of nitrogens with one attached hydrogen (secondary N) is 1. The molecule has 1 aromatic carbocycles. The molecule has 2 aliphatic rings. The van der Waals surface area contributed by atoms with Crippen molar-refractivity contribution in [1.82, 2.24) is 14.3 Å². The fourth-order valence-corrected chi connectivity index (χ4v) is 6.54. The highest BCUT2D eigenvalue weighted by Gasteiger charge is 2.33. The van der Waals surface area contributed by atoms with Crippen molar-refractivity contribution >= 4 is 51.7 Å². The maximum Gasteiger partial charge on any atom is 0.267 e. The van der Waals surface area contributed by atoms with Crippen molar-refractivity contribution in [3.05, 3.63) is 68.5 Å². The number of ether oxygens (including phenoxy) is 2. The van der Waals surface area contributed by atoms with Gasteiger partial charge in [-0.2, -0.15) is 0 Å². The molecule has 0 spiro atoms. The van der Waals surface area contributed by atoms with Gasteiger partial charge in [0, 0.05) is 18.8 Å². The number of amides is 1. The van der Waals surface area contributed by atoms with Crippen molar-refractivity contribution in [1.29, 1.82) is 0 Å². The van der Waals surface area contributed by atoms with Crippen LogP contribution < -0.4 is 20.3 Å². The zero-order valence-electron chi connectivity index (χ0n) is 23.2. The van der Waals surface area contributed by atoms with Gasteiger partial charge in [0.2, 0.25) is 0 Å². The van der Waals surface area contributed by atoms with Gasteiger partial charge in [0.05, 0.1) is 24.7 Å². The topological polar surface area (TPSA) is 85.2 Å². The zero-order chi connectivity index (χ0) is 28.4. The van der Waals surface area contributed by atoms with Crippen LogP contribution in [-0.4, -0.2) is 51.3 Å². The molecule has 3 heterocycles. The Labute approximate surface area is 243 Å². The second-order valence-electron chi connectivity index (χ2n) is 10.4. The van der Waals surface area contributed by atoms with Gasteiger partial charge < -0.3 is 14.8 Å². The first-order chi connectivity index (χ1) is 19.3. The number of methoxy groups -OCH3 is 2. The summed E-state index contributed by atoms with van der Waals surface area (Å²) in [6, 6.07) is 9.71. The molecule has 0 bridgehead atoms. The van der Waals surface area contributed by atoms with Crippen LogP contribution >= 0.6 is 24.0 Å². The standard InChI is InChI=1S/C30H34N4O4S2/c1-18-7-10-21(11-8-18)31-26-22(28(35)33-14-5-6-19(2)27(33)32-26)17-25-29(36)34(30(39)40-25)15-13-20-9-12-23(37-3)24(16-20)38-4/h5-6,9,12,14,16-18,21,31H,7-8,10-11,13,15H2,1-4H3. The van der Waals surface area contributed by atoms with E-state index in [0.717, 1.165) is 36.8 Å². The first-order valence-corrected chi connectivity index (χ1v) is 14.8. The quantitative estimate of drug-likeness (QED) is 0.279. The minimum Gasteiger partial charge on any atom is -0.493 e. The third-order valence-electron chi connectivity index (χ3n) is 7.66. The summed E-state index contributed by atoms with van der Waals surface area (Å²) in [5.41, 5.74) is 2.68. The van der Waals surface area contributed by atoms with E-state index in [4.69, 9.17) is 26.7 Å². The van der Waals surface area contributed by atoms with E-state index in [-0.39, 0.29) is 17.5 Å². The highest BCUT2D eigenvalue weighted by atomic mass is 32.2. The van der Waals surface area contributed by atoms with Crippen molar-refractivity contribution in [2.75, 3.05) is 26.1 Å². The SMILES string of the molecule is COc1ccc(CCN2C(=O)C(=Cc3c(NC4CCC(C)CC4)nc4c(C)cccn4c3=O)SC2=S)cc1OC. The molecule has 1 amide bonds. The minimum absolute atomic E-state index is 0.207. The van der Waals surface area contributed by atoms with Gasteiger partial charge in [0.15, 0.2) is 11.5 Å². The number of carbonyl (C=O) groups is 1. The van der Waals surface area contributed by atoms with Gasteiger partial charge in [-0.3, -0.25) is 18.9 Å². The number of carbonyl (C=O) groups excluding carboxylic acids is 1. The third-order valence-corrected chi connectivity index (χ3v) is 9.04. The molecular weight excluding hydrogens is 544 g/mol. The van der Waals surface area contributed by atoms with E-state index in [2.05, 4.69) is 12.2 Å². The van der Waals surface area contributed by atoms with E-state index in [1.165, 1.54) is 11.8 Å². The molecule has 1 N–H and O–H groups in total. The molecule has 2 aromatic heterocycles. The number of benzene rings is 1. The number of aromatic nitrogens is 2. The van der Waals surface area contributed by atoms with Gasteiger partial charge >= 0.3 is 0 Å². The zero-order valence-corrected chi connectivity index (χ0v) is 24.9. The third kappa shape index (κ3) is 5.74. The summed E-state index contributed by atoms with van der Waals surface area (Å²) >= 11 is 6.80. The van der Waals surface area contributed by atoms with E-state index in [9.17, 15) is 9.59 Å². The van der Waals surface area contributed by atoms with Gasteiger partial charge in [-0.05, 0) is 80.3 Å². The van der Waals surface area contributed by atoms with Crippen LogP contribution in [0.5, 0.6) is 11.5 Å². The summed E-state index contributed by atoms with van der Waals surface area (Å²) in [5, 5.41) is 3.55. The van der Waals surface area contributed by atoms with E-state index in [1.807, 2.05) is 37.3 Å². The Morgan fingerprint density at radius 2 is 1.88 bits per heavy atom. The molecule has 1 aliphatic heterocycles. The molecule has 8 nitrogen and oxygen atoms in total. The summed E-state index contributed by atoms with van der Waals surface area (Å²) in [5.74, 6) is 2.31. The molecule has 2 fully saturated rings. The highest BCUT2D eigenvalue weighted by molar-refractivity contribution is 8.26. The van der Waals surface area contributed by atoms with Crippen LogP contribution in [0.3, 0.4) is 0 Å². The predicted octanol–water partition coefficient (Wildman–Crippen LogP) is 5.45. The summed E-state index contributed by atoms with van der Waals surface area (Å²) in [6.45, 7) is 4.63. The Kier molecular flexibility index (Phi) is 8.46. The summed E-state index contributed by atoms with van der Waals surface area (Å²) in [6.07, 6.45) is 8.28. The number of pyridine rings is 1. The van der Waals surface area contributed by atoms with Gasteiger partial charge in [-0.1, -0.05) is 43.0 Å². The number of nitrogens with zero attached hydrogens (tertiary/aromatic N) is 3. The Morgan fingerprint density at radius 3 is 2.60 bits per heavy atom. The Hall–Kier alpha value is -3.37. The van der Waals surface area contributed by atoms with Gasteiger partial charge in [-0.15, -0.1) is 0 Å². The average molecular weight is 579 g/mol. The number of rotatable bonds is 8. The van der Waals surface area contributed by atoms with Crippen LogP contribution in [0.25, 0.3) is 11.7 Å². The average Bonchev–Trinajstić information content (AvgIpc) is 3.22. The van der Waals surface area contributed by atoms with Crippen LogP contribution in [0.4, 0.5) is 5.82 Å². The number of fused-ring (bicyclic) bond motifs is 1. The van der Waals surface area contributed by atoms with Gasteiger partial charge in [0.1, 0.15) is 15.8 Å². The molecule has 40 heavy (non-hydrogen) atoms. The normalized spacial score (nSPS) is 20.4. The number of thioether (sulfide) groups is 1. The van der Waals surface area contributed by atoms with Crippen molar-refractivity contribution in [2.24, 2.45) is 5.92 Å². The van der Waals surface area contributed by atoms with Crippen LogP contribution in [0, 0.1) is 12.8 Å². The first-order valence-electron chi connectivity index (χ1n) is 13.5. The molecule has 1 saturated carbocycles. The number of anilines is 1. The molecule has 0 atom stereocenters. The van der Waals surface area contributed by atoms with Crippen LogP contribution in [-0.2, 0) is 11.2 Å². The Morgan fingerprint density at radius 1 is 1.12 bits per heavy atom. The molecule has 0 radical (unpaired) electrons. The smallest absolute Gasteiger partial charge is 0.267 e. The number of hydrogen-bond acceptors (Lipinski definition) is 8. The maximum atomic E-state index is 13.7. The molecule has 3 aromatic rings. The largest absolute Gasteiger partial charge is 0.493 e. The molecular formula is C30H34N4O4S2. The fourth-order valence-electron chi connectivity index (χ4n) is 5.25. The van der Waals surface area contributed by atoms with E-state index >= 15 is 0 Å². The lowest BCUT2D eigenvalue weighted by molar-refractivity contribution is -0.122. The minimum atomic E-state index is -0.212. The maximum absolute atomic E-state index is 13.7. The van der Waals surface area contributed by atoms with Crippen LogP contribution in [0.15, 0.2) is 46.2 Å². The fraction of sp³-hybridized carbons (Fsp3) is 0.400. The summed E-state index contributed by atoms with van der Waals surface area (Å²) in [7, 11) is 3.19. The Bertz CT molecular complexity index is 1540. The summed E-state index contributed by atoms with van der Waals surface area (Å²) in [4.78, 5) is 34.1. The van der Waals surface area contributed by atoms with Crippen LogP contribution in [0.1, 0.15) is 49.3 Å². The lowest BCUT2D eigenvalue weighted by Gasteiger charge is -2.28. The summed E-state index contributed by atoms with van der Waals surface area (Å²) < 4.78 is 12.7. The van der Waals surface area contributed by atoms with Gasteiger partial charge in [-0.25, -0.2) is 4.98 Å². The molecule has 5 rings (SSSR count). The molecule has 1 saturated heterocycles. The number of aryl methyl sites for hydroxylation is 1.